The molecule has 1 aliphatic rings. The lowest BCUT2D eigenvalue weighted by Crippen LogP contribution is -2.41. The number of ether oxygens (including phenoxy) is 2. The number of carbonyl (C=O) groups excluding carboxylic acids is 1. The zero-order valence-corrected chi connectivity index (χ0v) is 17.2. The van der Waals surface area contributed by atoms with Crippen molar-refractivity contribution in [3.05, 3.63) is 101 Å². The van der Waals surface area contributed by atoms with E-state index in [0.717, 1.165) is 35.3 Å². The first-order valence-electron chi connectivity index (χ1n) is 10.4. The summed E-state index contributed by atoms with van der Waals surface area (Å²) in [5.74, 6) is 0.782. The Hall–Kier alpha value is -3.11. The number of hydrogen-bond acceptors (Lipinski definition) is 3. The Morgan fingerprint density at radius 3 is 2.43 bits per heavy atom. The quantitative estimate of drug-likeness (QED) is 0.628. The molecule has 0 heterocycles. The van der Waals surface area contributed by atoms with Crippen LogP contribution in [0, 0.1) is 0 Å². The van der Waals surface area contributed by atoms with Crippen molar-refractivity contribution in [2.75, 3.05) is 7.11 Å². The van der Waals surface area contributed by atoms with Gasteiger partial charge in [0.2, 0.25) is 5.91 Å². The van der Waals surface area contributed by atoms with Gasteiger partial charge in [0.05, 0.1) is 32.3 Å². The Balaban J connectivity index is 1.47. The van der Waals surface area contributed by atoms with Crippen molar-refractivity contribution in [2.45, 2.75) is 38.0 Å². The molecule has 3 aromatic rings. The van der Waals surface area contributed by atoms with Gasteiger partial charge in [-0.1, -0.05) is 66.7 Å². The minimum absolute atomic E-state index is 0.00446. The predicted molar refractivity (Wildman–Crippen MR) is 117 cm³/mol. The maximum atomic E-state index is 12.9. The number of benzene rings is 3. The molecular weight excluding hydrogens is 374 g/mol. The molecule has 30 heavy (non-hydrogen) atoms. The number of hydrogen-bond donors (Lipinski definition) is 1. The van der Waals surface area contributed by atoms with E-state index in [9.17, 15) is 4.79 Å². The van der Waals surface area contributed by atoms with E-state index in [2.05, 4.69) is 35.6 Å². The predicted octanol–water partition coefficient (Wildman–Crippen LogP) is 4.63. The van der Waals surface area contributed by atoms with E-state index in [-0.39, 0.29) is 18.1 Å². The SMILES string of the molecule is COc1ccc(CC(=O)N[C@@H]2c3ccccc3CC[C@H]2OCc2ccccc2)cc1. The summed E-state index contributed by atoms with van der Waals surface area (Å²) >= 11 is 0. The van der Waals surface area contributed by atoms with Gasteiger partial charge in [-0.25, -0.2) is 0 Å². The Labute approximate surface area is 177 Å². The van der Waals surface area contributed by atoms with Crippen molar-refractivity contribution in [2.24, 2.45) is 0 Å². The Morgan fingerprint density at radius 2 is 1.67 bits per heavy atom. The van der Waals surface area contributed by atoms with Gasteiger partial charge in [-0.3, -0.25) is 4.79 Å². The molecule has 3 aromatic carbocycles. The van der Waals surface area contributed by atoms with Crippen LogP contribution in [-0.2, 0) is 29.0 Å². The van der Waals surface area contributed by atoms with Crippen molar-refractivity contribution in [1.29, 1.82) is 0 Å². The molecule has 4 rings (SSSR count). The van der Waals surface area contributed by atoms with Crippen molar-refractivity contribution in [3.63, 3.8) is 0 Å². The largest absolute Gasteiger partial charge is 0.497 e. The Bertz CT molecular complexity index is 969. The van der Waals surface area contributed by atoms with Gasteiger partial charge in [0.1, 0.15) is 5.75 Å². The second kappa shape index (κ2) is 9.59. The number of amides is 1. The highest BCUT2D eigenvalue weighted by Crippen LogP contribution is 2.32. The lowest BCUT2D eigenvalue weighted by Gasteiger charge is -2.34. The summed E-state index contributed by atoms with van der Waals surface area (Å²) in [4.78, 5) is 12.9. The van der Waals surface area contributed by atoms with E-state index in [4.69, 9.17) is 9.47 Å². The summed E-state index contributed by atoms with van der Waals surface area (Å²) in [6, 6.07) is 26.0. The van der Waals surface area contributed by atoms with Crippen molar-refractivity contribution in [1.82, 2.24) is 5.32 Å². The van der Waals surface area contributed by atoms with Crippen LogP contribution in [0.3, 0.4) is 0 Å². The number of nitrogens with one attached hydrogen (secondary N) is 1. The number of fused-ring (bicyclic) bond motifs is 1. The summed E-state index contributed by atoms with van der Waals surface area (Å²) in [5, 5.41) is 3.24. The van der Waals surface area contributed by atoms with Crippen molar-refractivity contribution >= 4 is 5.91 Å². The third-order valence-electron chi connectivity index (χ3n) is 5.61. The molecule has 2 atom stereocenters. The lowest BCUT2D eigenvalue weighted by atomic mass is 9.85. The second-order valence-corrected chi connectivity index (χ2v) is 7.64. The summed E-state index contributed by atoms with van der Waals surface area (Å²) in [7, 11) is 1.64. The Kier molecular flexibility index (Phi) is 6.45. The summed E-state index contributed by atoms with van der Waals surface area (Å²) in [6.45, 7) is 0.540. The van der Waals surface area contributed by atoms with Crippen molar-refractivity contribution < 1.29 is 14.3 Å². The van der Waals surface area contributed by atoms with Gasteiger partial charge in [0, 0.05) is 0 Å². The van der Waals surface area contributed by atoms with Gasteiger partial charge in [-0.15, -0.1) is 0 Å². The number of rotatable bonds is 7. The fourth-order valence-corrected chi connectivity index (χ4v) is 4.01. The number of methoxy groups -OCH3 is 1. The van der Waals surface area contributed by atoms with E-state index in [1.54, 1.807) is 7.11 Å². The van der Waals surface area contributed by atoms with Crippen LogP contribution in [0.5, 0.6) is 5.75 Å². The van der Waals surface area contributed by atoms with E-state index >= 15 is 0 Å². The first-order chi connectivity index (χ1) is 14.7. The maximum Gasteiger partial charge on any atom is 0.224 e. The van der Waals surface area contributed by atoms with Crippen molar-refractivity contribution in [3.8, 4) is 5.75 Å². The van der Waals surface area contributed by atoms with Crippen LogP contribution in [0.1, 0.15) is 34.7 Å². The molecule has 0 aromatic heterocycles. The summed E-state index contributed by atoms with van der Waals surface area (Å²) in [6.07, 6.45) is 2.12. The molecular formula is C26H27NO3. The molecule has 1 aliphatic carbocycles. The van der Waals surface area contributed by atoms with Gasteiger partial charge < -0.3 is 14.8 Å². The molecule has 154 valence electrons. The molecule has 0 bridgehead atoms. The lowest BCUT2D eigenvalue weighted by molar-refractivity contribution is -0.122. The maximum absolute atomic E-state index is 12.9. The average molecular weight is 402 g/mol. The van der Waals surface area contributed by atoms with Gasteiger partial charge >= 0.3 is 0 Å². The molecule has 0 spiro atoms. The van der Waals surface area contributed by atoms with Gasteiger partial charge in [-0.05, 0) is 47.2 Å². The van der Waals surface area contributed by atoms with E-state index in [1.807, 2.05) is 48.5 Å². The zero-order chi connectivity index (χ0) is 20.8. The molecule has 0 aliphatic heterocycles. The molecule has 1 amide bonds. The minimum Gasteiger partial charge on any atom is -0.497 e. The molecule has 4 heteroatoms. The summed E-state index contributed by atoms with van der Waals surface area (Å²) in [5.41, 5.74) is 4.54. The van der Waals surface area contributed by atoms with Crippen LogP contribution in [0.2, 0.25) is 0 Å². The van der Waals surface area contributed by atoms with E-state index < -0.39 is 0 Å². The highest BCUT2D eigenvalue weighted by atomic mass is 16.5. The van der Waals surface area contributed by atoms with Gasteiger partial charge in [0.15, 0.2) is 0 Å². The van der Waals surface area contributed by atoms with E-state index in [1.165, 1.54) is 5.56 Å². The highest BCUT2D eigenvalue weighted by Gasteiger charge is 2.31. The first-order valence-corrected chi connectivity index (χ1v) is 10.4. The zero-order valence-electron chi connectivity index (χ0n) is 17.2. The number of carbonyl (C=O) groups is 1. The third-order valence-corrected chi connectivity index (χ3v) is 5.61. The topological polar surface area (TPSA) is 47.6 Å². The van der Waals surface area contributed by atoms with Gasteiger partial charge in [-0.2, -0.15) is 0 Å². The van der Waals surface area contributed by atoms with Crippen LogP contribution in [0.25, 0.3) is 0 Å². The van der Waals surface area contributed by atoms with E-state index in [0.29, 0.717) is 13.0 Å². The van der Waals surface area contributed by atoms with Crippen LogP contribution in [0.4, 0.5) is 0 Å². The Morgan fingerprint density at radius 1 is 0.933 bits per heavy atom. The summed E-state index contributed by atoms with van der Waals surface area (Å²) < 4.78 is 11.5. The molecule has 0 fully saturated rings. The second-order valence-electron chi connectivity index (χ2n) is 7.64. The standard InChI is InChI=1S/C26H27NO3/c1-29-22-14-11-19(12-15-22)17-25(28)27-26-23-10-6-5-9-21(23)13-16-24(26)30-18-20-7-3-2-4-8-20/h2-12,14-15,24,26H,13,16-18H2,1H3,(H,27,28)/t24-,26-/m1/s1. The molecule has 0 radical (unpaired) electrons. The molecule has 0 unspecified atom stereocenters. The fraction of sp³-hybridized carbons (Fsp3) is 0.269. The third kappa shape index (κ3) is 4.89. The van der Waals surface area contributed by atoms with Crippen LogP contribution < -0.4 is 10.1 Å². The highest BCUT2D eigenvalue weighted by molar-refractivity contribution is 5.79. The van der Waals surface area contributed by atoms with Crippen LogP contribution >= 0.6 is 0 Å². The minimum atomic E-state index is -0.149. The average Bonchev–Trinajstić information content (AvgIpc) is 2.79. The molecule has 4 nitrogen and oxygen atoms in total. The van der Waals surface area contributed by atoms with Gasteiger partial charge in [0.25, 0.3) is 0 Å². The fourth-order valence-electron chi connectivity index (χ4n) is 4.01. The molecule has 1 N–H and O–H groups in total. The normalized spacial score (nSPS) is 17.8. The smallest absolute Gasteiger partial charge is 0.224 e. The molecule has 0 saturated heterocycles. The van der Waals surface area contributed by atoms with Crippen LogP contribution in [-0.4, -0.2) is 19.1 Å². The van der Waals surface area contributed by atoms with Crippen LogP contribution in [0.15, 0.2) is 78.9 Å². The number of aryl methyl sites for hydroxylation is 1. The monoisotopic (exact) mass is 401 g/mol. The molecule has 0 saturated carbocycles. The first kappa shape index (κ1) is 20.2.